The quantitative estimate of drug-likeness (QED) is 0.156. The Balaban J connectivity index is 0.000000109. The van der Waals surface area contributed by atoms with Gasteiger partial charge in [-0.05, 0) is 207 Å². The smallest absolute Gasteiger partial charge is 0.200 e. The van der Waals surface area contributed by atoms with Gasteiger partial charge in [-0.25, -0.2) is 18.3 Å². The Morgan fingerprint density at radius 3 is 0.934 bits per heavy atom. The summed E-state index contributed by atoms with van der Waals surface area (Å²) >= 11 is 7.22. The summed E-state index contributed by atoms with van der Waals surface area (Å²) in [5.74, 6) is 0. The first-order valence-electron chi connectivity index (χ1n) is 39.1. The zero-order valence-electron chi connectivity index (χ0n) is 67.7. The van der Waals surface area contributed by atoms with Gasteiger partial charge in [-0.2, -0.15) is 0 Å². The SMILES string of the molecule is Cc1ccc(-c2c3c(cc[n+]2C)sc2cc4ccccc4cc23)c(C)c1.Cc1ccc(-c2c3c(sc4cc5ccccc5cc43)c(C)c[n+]2C)c(C)c1.Cc1ccccc1-c1c2c(sc3cc4ccccc4cc32)c(C)c[n+]1C.[2H]C([2H])([2H])c1ccc(-c2c3c(sc4cc5ccccc5cc43)c(C([2H])([2H])[2H])c[n+]2C)c(C)c1. The van der Waals surface area contributed by atoms with Crippen molar-refractivity contribution in [2.75, 3.05) is 0 Å². The van der Waals surface area contributed by atoms with E-state index in [2.05, 4.69) is 302 Å². The van der Waals surface area contributed by atoms with E-state index < -0.39 is 13.7 Å². The molecule has 0 saturated heterocycles. The van der Waals surface area contributed by atoms with Gasteiger partial charge in [0.05, 0.1) is 35.6 Å². The van der Waals surface area contributed by atoms with Crippen LogP contribution in [0.1, 0.15) is 63.9 Å². The molecule has 0 aliphatic carbocycles. The molecule has 0 spiro atoms. The fraction of sp³-hybridized carbons (Fsp3) is 0.143. The van der Waals surface area contributed by atoms with Gasteiger partial charge in [-0.1, -0.05) is 168 Å². The largest absolute Gasteiger partial charge is 0.221 e. The molecule has 20 rings (SSSR count). The van der Waals surface area contributed by atoms with Crippen molar-refractivity contribution in [1.29, 1.82) is 0 Å². The molecule has 20 aromatic rings. The highest BCUT2D eigenvalue weighted by Gasteiger charge is 2.28. The normalized spacial score (nSPS) is 12.8. The Bertz CT molecular complexity index is 7280. The number of benzene rings is 12. The van der Waals surface area contributed by atoms with Crippen LogP contribution in [-0.4, -0.2) is 0 Å². The molecule has 0 aliphatic rings. The van der Waals surface area contributed by atoms with E-state index in [0.717, 1.165) is 47.8 Å². The van der Waals surface area contributed by atoms with Crippen molar-refractivity contribution in [2.45, 2.75) is 69.1 Å². The lowest BCUT2D eigenvalue weighted by molar-refractivity contribution is -0.659. The molecule has 516 valence electrons. The zero-order valence-corrected chi connectivity index (χ0v) is 64.9. The van der Waals surface area contributed by atoms with Crippen LogP contribution in [0.4, 0.5) is 0 Å². The molecule has 8 heterocycles. The molecule has 0 fully saturated rings. The molecule has 8 heteroatoms. The lowest BCUT2D eigenvalue weighted by atomic mass is 9.97. The van der Waals surface area contributed by atoms with Crippen LogP contribution in [0.25, 0.3) is 169 Å². The molecule has 12 aromatic carbocycles. The van der Waals surface area contributed by atoms with Crippen LogP contribution in [0.15, 0.2) is 255 Å². The minimum absolute atomic E-state index is 0.294. The summed E-state index contributed by atoms with van der Waals surface area (Å²) in [6.45, 7) is 12.9. The Hall–Kier alpha value is -10.8. The van der Waals surface area contributed by atoms with E-state index in [1.165, 1.54) is 177 Å². The number of thiophene rings is 4. The summed E-state index contributed by atoms with van der Waals surface area (Å²) in [6.07, 6.45) is 8.41. The van der Waals surface area contributed by atoms with Gasteiger partial charge in [0, 0.05) is 98.3 Å². The number of fused-ring (bicyclic) bond motifs is 16. The van der Waals surface area contributed by atoms with Crippen LogP contribution in [-0.2, 0) is 28.2 Å². The maximum atomic E-state index is 8.15. The van der Waals surface area contributed by atoms with Crippen molar-refractivity contribution in [2.24, 2.45) is 28.2 Å². The van der Waals surface area contributed by atoms with Crippen molar-refractivity contribution in [3.63, 3.8) is 0 Å². The highest BCUT2D eigenvalue weighted by atomic mass is 32.1. The first kappa shape index (κ1) is 61.5. The van der Waals surface area contributed by atoms with Crippen LogP contribution >= 0.6 is 45.3 Å². The van der Waals surface area contributed by atoms with Crippen molar-refractivity contribution in [3.8, 4) is 45.0 Å². The Labute approximate surface area is 644 Å². The summed E-state index contributed by atoms with van der Waals surface area (Å²) in [7, 11) is 8.34. The molecule has 0 N–H and O–H groups in total. The molecular formula is C98H84N4S4+4. The van der Waals surface area contributed by atoms with Gasteiger partial charge in [-0.15, -0.1) is 45.3 Å². The van der Waals surface area contributed by atoms with E-state index in [0.29, 0.717) is 11.1 Å². The molecule has 0 atom stereocenters. The first-order chi connectivity index (χ1) is 53.7. The third kappa shape index (κ3) is 12.1. The Morgan fingerprint density at radius 2 is 0.557 bits per heavy atom. The molecule has 8 aromatic heterocycles. The minimum Gasteiger partial charge on any atom is -0.200 e. The topological polar surface area (TPSA) is 15.5 Å². The molecule has 106 heavy (non-hydrogen) atoms. The minimum atomic E-state index is -2.25. The van der Waals surface area contributed by atoms with E-state index in [4.69, 9.17) is 8.22 Å². The zero-order chi connectivity index (χ0) is 78.1. The number of hydrogen-bond donors (Lipinski definition) is 0. The van der Waals surface area contributed by atoms with Crippen LogP contribution in [0, 0.1) is 69.1 Å². The predicted molar refractivity (Wildman–Crippen MR) is 461 cm³/mol. The fourth-order valence-electron chi connectivity index (χ4n) is 16.3. The third-order valence-electron chi connectivity index (χ3n) is 21.3. The number of nitrogens with zero attached hydrogens (tertiary/aromatic N) is 4. The predicted octanol–water partition coefficient (Wildman–Crippen LogP) is 25.9. The van der Waals surface area contributed by atoms with E-state index in [9.17, 15) is 0 Å². The third-order valence-corrected chi connectivity index (χ3v) is 26.2. The standard InChI is InChI=1S/2C25H22NS.2C24H20NS/c2*1-15-9-10-20(16(2)11-15)24-23-21-12-18-7-5-6-8-19(18)13-22(21)27-25(23)17(3)14-26(24)4;1-15-8-4-7-11-19(15)23-22-20-12-17-9-5-6-10-18(17)13-21(20)26-24(22)16(2)14-25(23)3;1-15-8-9-19(16(2)12-15)24-23-20-13-17-6-4-5-7-18(17)14-22(20)26-21(23)10-11-25(24)3/h2*5-14H,1-4H3;2*4-14H,1-3H3/q4*+1/i1D3,3D3;;;. The molecule has 0 saturated carbocycles. The lowest BCUT2D eigenvalue weighted by Gasteiger charge is -2.09. The Morgan fingerprint density at radius 1 is 0.245 bits per heavy atom. The van der Waals surface area contributed by atoms with Gasteiger partial charge in [0.1, 0.15) is 28.2 Å². The summed E-state index contributed by atoms with van der Waals surface area (Å²) in [4.78, 5) is 0. The summed E-state index contributed by atoms with van der Waals surface area (Å²) in [5, 5.41) is 20.2. The van der Waals surface area contributed by atoms with Gasteiger partial charge in [0.25, 0.3) is 0 Å². The second kappa shape index (κ2) is 27.3. The summed E-state index contributed by atoms with van der Waals surface area (Å²) in [6, 6.07) is 82.1. The van der Waals surface area contributed by atoms with Gasteiger partial charge >= 0.3 is 0 Å². The fourth-order valence-corrected chi connectivity index (χ4v) is 21.0. The molecule has 0 aliphatic heterocycles. The first-order valence-corrected chi connectivity index (χ1v) is 39.3. The number of aromatic nitrogens is 4. The monoisotopic (exact) mass is 1450 g/mol. The van der Waals surface area contributed by atoms with Crippen molar-refractivity contribution < 1.29 is 26.5 Å². The van der Waals surface area contributed by atoms with Crippen LogP contribution in [0.2, 0.25) is 0 Å². The average molecular weight is 1450 g/mol. The average Bonchev–Trinajstić information content (AvgIpc) is 1.56. The number of rotatable bonds is 4. The van der Waals surface area contributed by atoms with E-state index in [1.807, 2.05) is 70.7 Å². The Kier molecular flexibility index (Phi) is 15.8. The van der Waals surface area contributed by atoms with E-state index >= 15 is 0 Å². The number of aryl methyl sites for hydroxylation is 14. The maximum absolute atomic E-state index is 8.15. The molecule has 0 radical (unpaired) electrons. The highest BCUT2D eigenvalue weighted by molar-refractivity contribution is 7.27. The second-order valence-corrected chi connectivity index (χ2v) is 33.1. The van der Waals surface area contributed by atoms with E-state index in [-0.39, 0.29) is 0 Å². The molecule has 0 unspecified atom stereocenters. The molecular weight excluding hydrogens is 1360 g/mol. The van der Waals surface area contributed by atoms with Crippen LogP contribution in [0.3, 0.4) is 0 Å². The van der Waals surface area contributed by atoms with Gasteiger partial charge in [0.2, 0.25) is 22.8 Å². The number of hydrogen-bond acceptors (Lipinski definition) is 4. The highest BCUT2D eigenvalue weighted by Crippen LogP contribution is 2.47. The molecule has 0 bridgehead atoms. The van der Waals surface area contributed by atoms with Crippen molar-refractivity contribution in [1.82, 2.24) is 0 Å². The van der Waals surface area contributed by atoms with Crippen molar-refractivity contribution in [3.05, 3.63) is 311 Å². The van der Waals surface area contributed by atoms with Crippen molar-refractivity contribution >= 4 is 169 Å². The van der Waals surface area contributed by atoms with Gasteiger partial charge in [-0.3, -0.25) is 0 Å². The maximum Gasteiger partial charge on any atom is 0.221 e. The second-order valence-electron chi connectivity index (χ2n) is 28.8. The summed E-state index contributed by atoms with van der Waals surface area (Å²) < 4.78 is 66.4. The van der Waals surface area contributed by atoms with Crippen LogP contribution < -0.4 is 18.3 Å². The summed E-state index contributed by atoms with van der Waals surface area (Å²) in [5.41, 5.74) is 20.4. The molecule has 4 nitrogen and oxygen atoms in total. The molecule has 0 amide bonds. The number of pyridine rings is 4. The van der Waals surface area contributed by atoms with Crippen LogP contribution in [0.5, 0.6) is 0 Å². The van der Waals surface area contributed by atoms with E-state index in [1.54, 1.807) is 18.3 Å². The lowest BCUT2D eigenvalue weighted by Crippen LogP contribution is -2.31. The van der Waals surface area contributed by atoms with Gasteiger partial charge < -0.3 is 0 Å². The van der Waals surface area contributed by atoms with Gasteiger partial charge in [0.15, 0.2) is 24.8 Å².